The van der Waals surface area contributed by atoms with Crippen LogP contribution in [0.25, 0.3) is 0 Å². The van der Waals surface area contributed by atoms with Crippen molar-refractivity contribution in [3.8, 4) is 0 Å². The fourth-order valence-corrected chi connectivity index (χ4v) is 4.13. The van der Waals surface area contributed by atoms with E-state index in [0.29, 0.717) is 13.0 Å². The van der Waals surface area contributed by atoms with Gasteiger partial charge in [0, 0.05) is 27.7 Å². The normalized spacial score (nSPS) is 22.2. The van der Waals surface area contributed by atoms with Gasteiger partial charge in [0.25, 0.3) is 0 Å². The first-order valence-corrected chi connectivity index (χ1v) is 9.23. The molecule has 0 spiro atoms. The van der Waals surface area contributed by atoms with Crippen LogP contribution < -0.4 is 5.73 Å². The van der Waals surface area contributed by atoms with Crippen LogP contribution >= 0.6 is 0 Å². The second-order valence-electron chi connectivity index (χ2n) is 6.29. The van der Waals surface area contributed by atoms with E-state index in [2.05, 4.69) is 0 Å². The molecule has 1 heterocycles. The molecule has 1 fully saturated rings. The van der Waals surface area contributed by atoms with Gasteiger partial charge in [0.1, 0.15) is 5.54 Å². The third-order valence-electron chi connectivity index (χ3n) is 4.52. The van der Waals surface area contributed by atoms with Crippen LogP contribution in [0.3, 0.4) is 0 Å². The number of ether oxygens (including phenoxy) is 1. The van der Waals surface area contributed by atoms with Gasteiger partial charge in [-0.1, -0.05) is 12.1 Å². The summed E-state index contributed by atoms with van der Waals surface area (Å²) in [6, 6.07) is 6.78. The van der Waals surface area contributed by atoms with Crippen molar-refractivity contribution in [2.24, 2.45) is 5.73 Å². The Morgan fingerprint density at radius 2 is 2.12 bits per heavy atom. The smallest absolute Gasteiger partial charge is 0.242 e. The molecular formula is C16H25N3O4S. The lowest BCUT2D eigenvalue weighted by molar-refractivity contribution is -0.132. The molecule has 2 N–H and O–H groups in total. The number of rotatable bonds is 7. The van der Waals surface area contributed by atoms with E-state index < -0.39 is 21.5 Å². The van der Waals surface area contributed by atoms with Gasteiger partial charge in [-0.2, -0.15) is 0 Å². The quantitative estimate of drug-likeness (QED) is 0.764. The van der Waals surface area contributed by atoms with Crippen LogP contribution in [0.4, 0.5) is 0 Å². The molecule has 1 aliphatic heterocycles. The Kier molecular flexibility index (Phi) is 5.64. The Bertz CT molecular complexity index is 705. The zero-order chi connectivity index (χ0) is 18.0. The summed E-state index contributed by atoms with van der Waals surface area (Å²) >= 11 is 0. The molecule has 1 aromatic carbocycles. The fraction of sp³-hybridized carbons (Fsp3) is 0.562. The molecule has 8 heteroatoms. The Hall–Kier alpha value is -1.48. The summed E-state index contributed by atoms with van der Waals surface area (Å²) in [4.78, 5) is 14.3. The van der Waals surface area contributed by atoms with Crippen molar-refractivity contribution in [1.82, 2.24) is 9.21 Å². The zero-order valence-corrected chi connectivity index (χ0v) is 15.2. The minimum atomic E-state index is -3.49. The highest BCUT2D eigenvalue weighted by atomic mass is 32.2. The lowest BCUT2D eigenvalue weighted by atomic mass is 9.96. The maximum atomic E-state index is 12.3. The highest BCUT2D eigenvalue weighted by molar-refractivity contribution is 7.89. The van der Waals surface area contributed by atoms with Crippen LogP contribution in [0.5, 0.6) is 0 Å². The van der Waals surface area contributed by atoms with Crippen LogP contribution in [0.15, 0.2) is 29.2 Å². The number of carbonyl (C=O) groups excluding carboxylic acids is 1. The van der Waals surface area contributed by atoms with E-state index in [0.717, 1.165) is 18.5 Å². The molecule has 2 rings (SSSR count). The minimum Gasteiger partial charge on any atom is -0.382 e. The van der Waals surface area contributed by atoms with Crippen molar-refractivity contribution in [2.75, 3.05) is 34.4 Å². The van der Waals surface area contributed by atoms with Gasteiger partial charge < -0.3 is 10.5 Å². The number of methoxy groups -OCH3 is 1. The van der Waals surface area contributed by atoms with Gasteiger partial charge in [-0.05, 0) is 37.1 Å². The Morgan fingerprint density at radius 3 is 2.71 bits per heavy atom. The van der Waals surface area contributed by atoms with E-state index in [1.54, 1.807) is 25.3 Å². The van der Waals surface area contributed by atoms with E-state index in [4.69, 9.17) is 10.5 Å². The standard InChI is InChI=1S/C16H25N3O4S/c1-18(2)24(21,22)14-7-4-6-13(10-14)11-19-9-5-8-16(19,12-23-3)15(17)20/h4,6-7,10H,5,8-9,11-12H2,1-3H3,(H2,17,20). The van der Waals surface area contributed by atoms with Gasteiger partial charge in [0.2, 0.25) is 15.9 Å². The molecule has 1 aromatic rings. The number of amides is 1. The van der Waals surface area contributed by atoms with Crippen LogP contribution in [-0.4, -0.2) is 63.4 Å². The number of benzene rings is 1. The molecule has 7 nitrogen and oxygen atoms in total. The average Bonchev–Trinajstić information content (AvgIpc) is 2.92. The number of likely N-dealkylation sites (tertiary alicyclic amines) is 1. The number of sulfonamides is 1. The topological polar surface area (TPSA) is 92.9 Å². The first-order chi connectivity index (χ1) is 11.2. The maximum Gasteiger partial charge on any atom is 0.242 e. The molecule has 0 aromatic heterocycles. The first-order valence-electron chi connectivity index (χ1n) is 7.79. The highest BCUT2D eigenvalue weighted by Gasteiger charge is 2.46. The summed E-state index contributed by atoms with van der Waals surface area (Å²) in [7, 11) is 1.06. The van der Waals surface area contributed by atoms with Crippen molar-refractivity contribution < 1.29 is 17.9 Å². The Morgan fingerprint density at radius 1 is 1.42 bits per heavy atom. The number of nitrogens with two attached hydrogens (primary N) is 1. The van der Waals surface area contributed by atoms with E-state index in [9.17, 15) is 13.2 Å². The first kappa shape index (κ1) is 18.9. The predicted octanol–water partition coefficient (Wildman–Crippen LogP) is 0.403. The number of primary amides is 1. The van der Waals surface area contributed by atoms with Gasteiger partial charge in [-0.25, -0.2) is 12.7 Å². The molecule has 1 aliphatic rings. The van der Waals surface area contributed by atoms with E-state index in [-0.39, 0.29) is 11.5 Å². The number of hydrogen-bond donors (Lipinski definition) is 1. The van der Waals surface area contributed by atoms with Crippen LogP contribution in [0.1, 0.15) is 18.4 Å². The van der Waals surface area contributed by atoms with Crippen molar-refractivity contribution in [3.05, 3.63) is 29.8 Å². The van der Waals surface area contributed by atoms with Crippen LogP contribution in [-0.2, 0) is 26.1 Å². The van der Waals surface area contributed by atoms with Crippen LogP contribution in [0, 0.1) is 0 Å². The minimum absolute atomic E-state index is 0.234. The van der Waals surface area contributed by atoms with Crippen molar-refractivity contribution >= 4 is 15.9 Å². The van der Waals surface area contributed by atoms with Crippen LogP contribution in [0.2, 0.25) is 0 Å². The molecule has 1 atom stereocenters. The third-order valence-corrected chi connectivity index (χ3v) is 6.33. The molecule has 0 radical (unpaired) electrons. The molecule has 24 heavy (non-hydrogen) atoms. The monoisotopic (exact) mass is 355 g/mol. The molecule has 0 saturated carbocycles. The number of carbonyl (C=O) groups is 1. The summed E-state index contributed by atoms with van der Waals surface area (Å²) in [5.41, 5.74) is 5.63. The Labute approximate surface area is 143 Å². The molecule has 0 aliphatic carbocycles. The predicted molar refractivity (Wildman–Crippen MR) is 90.8 cm³/mol. The number of nitrogens with zero attached hydrogens (tertiary/aromatic N) is 2. The van der Waals surface area contributed by atoms with Gasteiger partial charge in [0.05, 0.1) is 11.5 Å². The second kappa shape index (κ2) is 7.18. The molecule has 1 saturated heterocycles. The van der Waals surface area contributed by atoms with Crippen molar-refractivity contribution in [3.63, 3.8) is 0 Å². The molecular weight excluding hydrogens is 330 g/mol. The number of hydrogen-bond acceptors (Lipinski definition) is 5. The SMILES string of the molecule is COCC1(C(N)=O)CCCN1Cc1cccc(S(=O)(=O)N(C)C)c1. The Balaban J connectivity index is 2.29. The lowest BCUT2D eigenvalue weighted by Gasteiger charge is -2.35. The third kappa shape index (κ3) is 3.46. The fourth-order valence-electron chi connectivity index (χ4n) is 3.15. The average molecular weight is 355 g/mol. The second-order valence-corrected chi connectivity index (χ2v) is 8.44. The largest absolute Gasteiger partial charge is 0.382 e. The van der Waals surface area contributed by atoms with Crippen molar-refractivity contribution in [1.29, 1.82) is 0 Å². The summed E-state index contributed by atoms with van der Waals surface area (Å²) in [6.45, 7) is 1.40. The summed E-state index contributed by atoms with van der Waals surface area (Å²) in [5.74, 6) is -0.404. The highest BCUT2D eigenvalue weighted by Crippen LogP contribution is 2.31. The van der Waals surface area contributed by atoms with Gasteiger partial charge >= 0.3 is 0 Å². The van der Waals surface area contributed by atoms with E-state index in [1.807, 2.05) is 11.0 Å². The maximum absolute atomic E-state index is 12.3. The zero-order valence-electron chi connectivity index (χ0n) is 14.4. The lowest BCUT2D eigenvalue weighted by Crippen LogP contribution is -2.56. The molecule has 0 bridgehead atoms. The summed E-state index contributed by atoms with van der Waals surface area (Å²) < 4.78 is 31.0. The van der Waals surface area contributed by atoms with Gasteiger partial charge in [-0.3, -0.25) is 9.69 Å². The van der Waals surface area contributed by atoms with Gasteiger partial charge in [0.15, 0.2) is 0 Å². The summed E-state index contributed by atoms with van der Waals surface area (Å²) in [5, 5.41) is 0. The molecule has 134 valence electrons. The van der Waals surface area contributed by atoms with Gasteiger partial charge in [-0.15, -0.1) is 0 Å². The van der Waals surface area contributed by atoms with Crippen molar-refractivity contribution in [2.45, 2.75) is 29.8 Å². The summed E-state index contributed by atoms with van der Waals surface area (Å²) in [6.07, 6.45) is 1.49. The van der Waals surface area contributed by atoms with E-state index >= 15 is 0 Å². The molecule has 1 unspecified atom stereocenters. The van der Waals surface area contributed by atoms with E-state index in [1.165, 1.54) is 18.4 Å². The molecule has 1 amide bonds.